The Balaban J connectivity index is 1.69. The largest absolute Gasteiger partial charge is 0.417 e. The summed E-state index contributed by atoms with van der Waals surface area (Å²) in [4.78, 5) is 40.9. The third-order valence-electron chi connectivity index (χ3n) is 5.75. The van der Waals surface area contributed by atoms with Gasteiger partial charge in [0.1, 0.15) is 23.2 Å². The summed E-state index contributed by atoms with van der Waals surface area (Å²) in [6.45, 7) is 3.30. The Hall–Kier alpha value is -3.50. The number of carbonyl (C=O) groups is 3. The van der Waals surface area contributed by atoms with Gasteiger partial charge in [0.2, 0.25) is 5.91 Å². The van der Waals surface area contributed by atoms with Crippen molar-refractivity contribution in [3.63, 3.8) is 0 Å². The standard InChI is InChI=1S/C24H24F5N3O3/c1-14(2)20(30-21(33)19-17(25)8-5-9-18(19)26)23(35)32-12-10-31(11-13-32)22(34)15-6-3-4-7-16(15)24(27,28)29/h3-9,14,20H,10-13H2,1-2H3,(H,30,33)/t20-/m0/s1. The monoisotopic (exact) mass is 497 g/mol. The molecule has 188 valence electrons. The van der Waals surface area contributed by atoms with Gasteiger partial charge in [-0.3, -0.25) is 14.4 Å². The van der Waals surface area contributed by atoms with Crippen LogP contribution in [0.15, 0.2) is 42.5 Å². The van der Waals surface area contributed by atoms with E-state index in [1.165, 1.54) is 21.9 Å². The van der Waals surface area contributed by atoms with Crippen LogP contribution >= 0.6 is 0 Å². The Kier molecular flexibility index (Phi) is 7.76. The van der Waals surface area contributed by atoms with Gasteiger partial charge in [-0.25, -0.2) is 8.78 Å². The number of alkyl halides is 3. The molecule has 35 heavy (non-hydrogen) atoms. The molecule has 0 spiro atoms. The summed E-state index contributed by atoms with van der Waals surface area (Å²) in [5, 5.41) is 2.38. The number of amides is 3. The van der Waals surface area contributed by atoms with E-state index in [0.717, 1.165) is 30.3 Å². The molecule has 0 unspecified atom stereocenters. The van der Waals surface area contributed by atoms with E-state index in [1.54, 1.807) is 13.8 Å². The second kappa shape index (κ2) is 10.4. The van der Waals surface area contributed by atoms with Crippen molar-refractivity contribution in [3.8, 4) is 0 Å². The fourth-order valence-corrected chi connectivity index (χ4v) is 3.86. The molecule has 0 radical (unpaired) electrons. The van der Waals surface area contributed by atoms with E-state index in [1.807, 2.05) is 0 Å². The van der Waals surface area contributed by atoms with Crippen LogP contribution in [-0.4, -0.2) is 59.7 Å². The summed E-state index contributed by atoms with van der Waals surface area (Å²) in [5.41, 5.74) is -2.31. The summed E-state index contributed by atoms with van der Waals surface area (Å²) in [6.07, 6.45) is -4.69. The van der Waals surface area contributed by atoms with Gasteiger partial charge in [-0.15, -0.1) is 0 Å². The Morgan fingerprint density at radius 2 is 1.40 bits per heavy atom. The zero-order chi connectivity index (χ0) is 25.9. The second-order valence-corrected chi connectivity index (χ2v) is 8.45. The molecule has 3 rings (SSSR count). The number of hydrogen-bond donors (Lipinski definition) is 1. The molecule has 1 fully saturated rings. The molecular weight excluding hydrogens is 473 g/mol. The van der Waals surface area contributed by atoms with E-state index in [9.17, 15) is 36.3 Å². The van der Waals surface area contributed by atoms with Crippen molar-refractivity contribution >= 4 is 17.7 Å². The first-order chi connectivity index (χ1) is 16.4. The van der Waals surface area contributed by atoms with Crippen LogP contribution in [-0.2, 0) is 11.0 Å². The molecule has 1 heterocycles. The van der Waals surface area contributed by atoms with E-state index < -0.39 is 64.2 Å². The molecule has 2 aromatic rings. The molecular formula is C24H24F5N3O3. The first kappa shape index (κ1) is 26.1. The number of rotatable bonds is 5. The number of nitrogens with one attached hydrogen (secondary N) is 1. The first-order valence-corrected chi connectivity index (χ1v) is 10.9. The van der Waals surface area contributed by atoms with Crippen LogP contribution in [0.1, 0.15) is 40.1 Å². The minimum atomic E-state index is -4.69. The molecule has 0 aliphatic carbocycles. The highest BCUT2D eigenvalue weighted by Crippen LogP contribution is 2.32. The van der Waals surface area contributed by atoms with Gasteiger partial charge in [0.15, 0.2) is 0 Å². The zero-order valence-electron chi connectivity index (χ0n) is 19.0. The Labute approximate surface area is 198 Å². The maximum Gasteiger partial charge on any atom is 0.417 e. The van der Waals surface area contributed by atoms with Gasteiger partial charge in [0.05, 0.1) is 11.1 Å². The fraction of sp³-hybridized carbons (Fsp3) is 0.375. The number of piperazine rings is 1. The van der Waals surface area contributed by atoms with Crippen molar-refractivity contribution in [2.45, 2.75) is 26.1 Å². The lowest BCUT2D eigenvalue weighted by Gasteiger charge is -2.37. The average molecular weight is 497 g/mol. The molecule has 0 aromatic heterocycles. The van der Waals surface area contributed by atoms with Gasteiger partial charge < -0.3 is 15.1 Å². The van der Waals surface area contributed by atoms with Gasteiger partial charge in [0.25, 0.3) is 11.8 Å². The van der Waals surface area contributed by atoms with E-state index in [-0.39, 0.29) is 26.2 Å². The van der Waals surface area contributed by atoms with Crippen LogP contribution in [0.25, 0.3) is 0 Å². The summed E-state index contributed by atoms with van der Waals surface area (Å²) >= 11 is 0. The molecule has 6 nitrogen and oxygen atoms in total. The van der Waals surface area contributed by atoms with E-state index in [4.69, 9.17) is 0 Å². The molecule has 1 atom stereocenters. The smallest absolute Gasteiger partial charge is 0.340 e. The highest BCUT2D eigenvalue weighted by atomic mass is 19.4. The van der Waals surface area contributed by atoms with E-state index in [0.29, 0.717) is 0 Å². The SMILES string of the molecule is CC(C)[C@H](NC(=O)c1c(F)cccc1F)C(=O)N1CCN(C(=O)c2ccccc2C(F)(F)F)CC1. The van der Waals surface area contributed by atoms with Crippen molar-refractivity contribution < 1.29 is 36.3 Å². The summed E-state index contributed by atoms with van der Waals surface area (Å²) in [7, 11) is 0. The molecule has 1 aliphatic rings. The van der Waals surface area contributed by atoms with Crippen molar-refractivity contribution in [3.05, 3.63) is 70.8 Å². The highest BCUT2D eigenvalue weighted by molar-refractivity contribution is 5.98. The number of benzene rings is 2. The summed E-state index contributed by atoms with van der Waals surface area (Å²) in [5.74, 6) is -4.96. The van der Waals surface area contributed by atoms with Gasteiger partial charge in [-0.1, -0.05) is 32.0 Å². The van der Waals surface area contributed by atoms with Crippen molar-refractivity contribution in [2.75, 3.05) is 26.2 Å². The fourth-order valence-electron chi connectivity index (χ4n) is 3.86. The van der Waals surface area contributed by atoms with Crippen LogP contribution in [0.3, 0.4) is 0 Å². The summed E-state index contributed by atoms with van der Waals surface area (Å²) in [6, 6.07) is 6.35. The molecule has 1 N–H and O–H groups in total. The molecule has 0 bridgehead atoms. The number of halogens is 5. The maximum absolute atomic E-state index is 14.0. The predicted octanol–water partition coefficient (Wildman–Crippen LogP) is 3.72. The molecule has 2 aromatic carbocycles. The molecule has 11 heteroatoms. The maximum atomic E-state index is 14.0. The van der Waals surface area contributed by atoms with Crippen LogP contribution in [0.2, 0.25) is 0 Å². The minimum absolute atomic E-state index is 0.0164. The Morgan fingerprint density at radius 1 is 0.857 bits per heavy atom. The second-order valence-electron chi connectivity index (χ2n) is 8.45. The third kappa shape index (κ3) is 5.77. The third-order valence-corrected chi connectivity index (χ3v) is 5.75. The molecule has 1 aliphatic heterocycles. The quantitative estimate of drug-likeness (QED) is 0.641. The molecule has 0 saturated carbocycles. The topological polar surface area (TPSA) is 69.7 Å². The molecule has 1 saturated heterocycles. The summed E-state index contributed by atoms with van der Waals surface area (Å²) < 4.78 is 67.8. The van der Waals surface area contributed by atoms with Gasteiger partial charge >= 0.3 is 6.18 Å². The van der Waals surface area contributed by atoms with Crippen LogP contribution < -0.4 is 5.32 Å². The Morgan fingerprint density at radius 3 is 1.94 bits per heavy atom. The van der Waals surface area contributed by atoms with Crippen molar-refractivity contribution in [1.82, 2.24) is 15.1 Å². The van der Waals surface area contributed by atoms with Crippen LogP contribution in [0.5, 0.6) is 0 Å². The van der Waals surface area contributed by atoms with Crippen molar-refractivity contribution in [1.29, 1.82) is 0 Å². The Bertz CT molecular complexity index is 1090. The number of carbonyl (C=O) groups excluding carboxylic acids is 3. The number of hydrogen-bond acceptors (Lipinski definition) is 3. The van der Waals surface area contributed by atoms with Crippen LogP contribution in [0, 0.1) is 17.6 Å². The highest BCUT2D eigenvalue weighted by Gasteiger charge is 2.37. The lowest BCUT2D eigenvalue weighted by Crippen LogP contribution is -2.57. The van der Waals surface area contributed by atoms with Crippen LogP contribution in [0.4, 0.5) is 22.0 Å². The number of nitrogens with zero attached hydrogens (tertiary/aromatic N) is 2. The first-order valence-electron chi connectivity index (χ1n) is 10.9. The van der Waals surface area contributed by atoms with E-state index >= 15 is 0 Å². The molecule has 3 amide bonds. The zero-order valence-corrected chi connectivity index (χ0v) is 19.0. The lowest BCUT2D eigenvalue weighted by atomic mass is 10.0. The van der Waals surface area contributed by atoms with Gasteiger partial charge in [-0.05, 0) is 30.2 Å². The van der Waals surface area contributed by atoms with E-state index in [2.05, 4.69) is 5.32 Å². The van der Waals surface area contributed by atoms with Gasteiger partial charge in [-0.2, -0.15) is 13.2 Å². The minimum Gasteiger partial charge on any atom is -0.340 e. The average Bonchev–Trinajstić information content (AvgIpc) is 2.81. The van der Waals surface area contributed by atoms with Gasteiger partial charge in [0, 0.05) is 26.2 Å². The van der Waals surface area contributed by atoms with Crippen molar-refractivity contribution in [2.24, 2.45) is 5.92 Å². The normalized spacial score (nSPS) is 15.2. The predicted molar refractivity (Wildman–Crippen MR) is 116 cm³/mol. The lowest BCUT2D eigenvalue weighted by molar-refractivity contribution is -0.138.